The van der Waals surface area contributed by atoms with Crippen LogP contribution in [0, 0.1) is 0 Å². The van der Waals surface area contributed by atoms with Gasteiger partial charge in [0.1, 0.15) is 18.4 Å². The summed E-state index contributed by atoms with van der Waals surface area (Å²) in [6.07, 6.45) is 3.13. The van der Waals surface area contributed by atoms with E-state index < -0.39 is 12.0 Å². The van der Waals surface area contributed by atoms with Crippen LogP contribution in [0.5, 0.6) is 17.2 Å². The SMILES string of the molecule is CCCC1=C(C(=O)OCC)[C@@H](c2cc(Br)ccc2OC)n2c(s/c(=C/c3ccc(OCc4ccccc4)c(OCC)c3)c2=O)=N1. The van der Waals surface area contributed by atoms with Crippen molar-refractivity contribution in [1.82, 2.24) is 4.57 Å². The lowest BCUT2D eigenvalue weighted by atomic mass is 9.93. The number of methoxy groups -OCH3 is 1. The second-order valence-electron chi connectivity index (χ2n) is 10.2. The molecule has 4 aromatic rings. The number of esters is 1. The summed E-state index contributed by atoms with van der Waals surface area (Å²) in [5.41, 5.74) is 3.15. The zero-order valence-electron chi connectivity index (χ0n) is 25.7. The number of hydrogen-bond acceptors (Lipinski definition) is 8. The fraction of sp³-hybridized carbons (Fsp3) is 0.286. The van der Waals surface area contributed by atoms with E-state index in [1.54, 1.807) is 18.6 Å². The Kier molecular flexibility index (Phi) is 10.6. The molecule has 0 N–H and O–H groups in total. The van der Waals surface area contributed by atoms with Gasteiger partial charge in [0.2, 0.25) is 0 Å². The molecular weight excluding hydrogens is 656 g/mol. The molecule has 0 aliphatic carbocycles. The molecule has 1 aliphatic rings. The molecule has 234 valence electrons. The highest BCUT2D eigenvalue weighted by Gasteiger charge is 2.36. The van der Waals surface area contributed by atoms with Crippen molar-refractivity contribution < 1.29 is 23.7 Å². The minimum Gasteiger partial charge on any atom is -0.496 e. The lowest BCUT2D eigenvalue weighted by Crippen LogP contribution is -2.40. The standard InChI is InChI=1S/C35H35BrN2O6S/c1-5-11-26-31(34(40)43-7-3)32(25-20-24(36)15-17-27(25)41-4)38-33(39)30(45-35(38)37-26)19-23-14-16-28(29(18-23)42-6-2)44-21-22-12-9-8-10-13-22/h8-10,12-20,32H,5-7,11,21H2,1-4H3/b30-19+/t32-/m1/s1. The summed E-state index contributed by atoms with van der Waals surface area (Å²) in [5, 5.41) is 0. The van der Waals surface area contributed by atoms with E-state index in [4.69, 9.17) is 23.9 Å². The van der Waals surface area contributed by atoms with Gasteiger partial charge in [0, 0.05) is 10.0 Å². The van der Waals surface area contributed by atoms with Crippen LogP contribution in [-0.2, 0) is 16.1 Å². The predicted molar refractivity (Wildman–Crippen MR) is 179 cm³/mol. The molecule has 2 heterocycles. The quantitative estimate of drug-likeness (QED) is 0.162. The molecule has 5 rings (SSSR count). The monoisotopic (exact) mass is 690 g/mol. The molecule has 1 aliphatic heterocycles. The number of carbonyl (C=O) groups excluding carboxylic acids is 1. The molecular formula is C35H35BrN2O6S. The summed E-state index contributed by atoms with van der Waals surface area (Å²) in [5.74, 6) is 1.24. The zero-order chi connectivity index (χ0) is 31.9. The summed E-state index contributed by atoms with van der Waals surface area (Å²) in [7, 11) is 1.57. The van der Waals surface area contributed by atoms with Crippen LogP contribution in [0.1, 0.15) is 56.3 Å². The second kappa shape index (κ2) is 14.8. The Hall–Kier alpha value is -4.15. The lowest BCUT2D eigenvalue weighted by Gasteiger charge is -2.27. The second-order valence-corrected chi connectivity index (χ2v) is 12.1. The molecule has 3 aromatic carbocycles. The van der Waals surface area contributed by atoms with E-state index in [-0.39, 0.29) is 12.2 Å². The Balaban J connectivity index is 1.64. The fourth-order valence-corrected chi connectivity index (χ4v) is 6.62. The van der Waals surface area contributed by atoms with Crippen molar-refractivity contribution in [3.63, 3.8) is 0 Å². The Bertz CT molecular complexity index is 1900. The first-order valence-electron chi connectivity index (χ1n) is 14.9. The molecule has 45 heavy (non-hydrogen) atoms. The van der Waals surface area contributed by atoms with Crippen LogP contribution < -0.4 is 29.1 Å². The van der Waals surface area contributed by atoms with Crippen LogP contribution in [-0.4, -0.2) is 30.9 Å². The molecule has 0 amide bonds. The molecule has 0 bridgehead atoms. The summed E-state index contributed by atoms with van der Waals surface area (Å²) < 4.78 is 26.0. The van der Waals surface area contributed by atoms with Crippen molar-refractivity contribution in [1.29, 1.82) is 0 Å². The third-order valence-electron chi connectivity index (χ3n) is 7.18. The van der Waals surface area contributed by atoms with E-state index in [1.807, 2.05) is 86.7 Å². The minimum atomic E-state index is -0.788. The van der Waals surface area contributed by atoms with Gasteiger partial charge in [-0.1, -0.05) is 77.0 Å². The van der Waals surface area contributed by atoms with Crippen LogP contribution in [0.15, 0.2) is 92.3 Å². The molecule has 0 radical (unpaired) electrons. The molecule has 10 heteroatoms. The molecule has 0 fully saturated rings. The van der Waals surface area contributed by atoms with E-state index in [2.05, 4.69) is 15.9 Å². The highest BCUT2D eigenvalue weighted by molar-refractivity contribution is 9.10. The molecule has 0 unspecified atom stereocenters. The Morgan fingerprint density at radius 3 is 2.47 bits per heavy atom. The number of hydrogen-bond donors (Lipinski definition) is 0. The van der Waals surface area contributed by atoms with Gasteiger partial charge in [0.15, 0.2) is 16.3 Å². The van der Waals surface area contributed by atoms with Crippen LogP contribution >= 0.6 is 27.3 Å². The van der Waals surface area contributed by atoms with Gasteiger partial charge in [0.25, 0.3) is 5.56 Å². The number of allylic oxidation sites excluding steroid dienone is 1. The molecule has 0 saturated carbocycles. The molecule has 1 atom stereocenters. The maximum absolute atomic E-state index is 14.2. The average molecular weight is 692 g/mol. The lowest BCUT2D eigenvalue weighted by molar-refractivity contribution is -0.139. The number of benzene rings is 3. The van der Waals surface area contributed by atoms with Crippen molar-refractivity contribution in [2.45, 2.75) is 46.3 Å². The molecule has 8 nitrogen and oxygen atoms in total. The van der Waals surface area contributed by atoms with Gasteiger partial charge in [-0.25, -0.2) is 9.79 Å². The van der Waals surface area contributed by atoms with Gasteiger partial charge >= 0.3 is 5.97 Å². The first kappa shape index (κ1) is 32.2. The van der Waals surface area contributed by atoms with E-state index in [0.717, 1.165) is 22.0 Å². The van der Waals surface area contributed by atoms with Gasteiger partial charge in [-0.2, -0.15) is 0 Å². The first-order chi connectivity index (χ1) is 21.9. The van der Waals surface area contributed by atoms with Crippen LogP contribution in [0.4, 0.5) is 0 Å². The average Bonchev–Trinajstić information content (AvgIpc) is 3.34. The van der Waals surface area contributed by atoms with Crippen molar-refractivity contribution in [3.05, 3.63) is 119 Å². The number of aromatic nitrogens is 1. The van der Waals surface area contributed by atoms with Crippen molar-refractivity contribution in [2.24, 2.45) is 4.99 Å². The van der Waals surface area contributed by atoms with Crippen LogP contribution in [0.25, 0.3) is 6.08 Å². The van der Waals surface area contributed by atoms with E-state index in [9.17, 15) is 9.59 Å². The minimum absolute atomic E-state index is 0.196. The summed E-state index contributed by atoms with van der Waals surface area (Å²) in [6.45, 7) is 6.76. The molecule has 1 aromatic heterocycles. The third kappa shape index (κ3) is 7.07. The third-order valence-corrected chi connectivity index (χ3v) is 8.66. The normalized spacial score (nSPS) is 14.5. The maximum atomic E-state index is 14.2. The fourth-order valence-electron chi connectivity index (χ4n) is 5.22. The topological polar surface area (TPSA) is 88.4 Å². The zero-order valence-corrected chi connectivity index (χ0v) is 28.1. The van der Waals surface area contributed by atoms with E-state index >= 15 is 0 Å². The highest BCUT2D eigenvalue weighted by atomic mass is 79.9. The Morgan fingerprint density at radius 1 is 0.978 bits per heavy atom. The van der Waals surface area contributed by atoms with Gasteiger partial charge in [-0.15, -0.1) is 0 Å². The summed E-state index contributed by atoms with van der Waals surface area (Å²) in [6, 6.07) is 20.3. The number of rotatable bonds is 12. The largest absolute Gasteiger partial charge is 0.496 e. The molecule has 0 saturated heterocycles. The number of carbonyl (C=O) groups is 1. The van der Waals surface area contributed by atoms with E-state index in [0.29, 0.717) is 63.1 Å². The number of ether oxygens (including phenoxy) is 4. The number of nitrogens with zero attached hydrogens (tertiary/aromatic N) is 2. The maximum Gasteiger partial charge on any atom is 0.338 e. The van der Waals surface area contributed by atoms with Crippen molar-refractivity contribution >= 4 is 39.3 Å². The van der Waals surface area contributed by atoms with E-state index in [1.165, 1.54) is 11.3 Å². The van der Waals surface area contributed by atoms with Gasteiger partial charge < -0.3 is 18.9 Å². The first-order valence-corrected chi connectivity index (χ1v) is 16.5. The number of halogens is 1. The predicted octanol–water partition coefficient (Wildman–Crippen LogP) is 6.33. The Morgan fingerprint density at radius 2 is 1.76 bits per heavy atom. The molecule has 0 spiro atoms. The summed E-state index contributed by atoms with van der Waals surface area (Å²) in [4.78, 5) is 33.1. The smallest absolute Gasteiger partial charge is 0.338 e. The summed E-state index contributed by atoms with van der Waals surface area (Å²) >= 11 is 4.84. The van der Waals surface area contributed by atoms with Crippen molar-refractivity contribution in [3.8, 4) is 17.2 Å². The van der Waals surface area contributed by atoms with Gasteiger partial charge in [-0.05, 0) is 67.8 Å². The van der Waals surface area contributed by atoms with Gasteiger partial charge in [-0.3, -0.25) is 9.36 Å². The van der Waals surface area contributed by atoms with Gasteiger partial charge in [0.05, 0.1) is 36.1 Å². The highest BCUT2D eigenvalue weighted by Crippen LogP contribution is 2.38. The number of fused-ring (bicyclic) bond motifs is 1. The number of thiazole rings is 1. The van der Waals surface area contributed by atoms with Crippen LogP contribution in [0.2, 0.25) is 0 Å². The van der Waals surface area contributed by atoms with Crippen molar-refractivity contribution in [2.75, 3.05) is 20.3 Å². The Labute approximate surface area is 274 Å². The van der Waals surface area contributed by atoms with Crippen LogP contribution in [0.3, 0.4) is 0 Å².